The molecule has 0 amide bonds. The third-order valence-electron chi connectivity index (χ3n) is 4.63. The number of carbonyl (C=O) groups excluding carboxylic acids is 2. The Balaban J connectivity index is 2.01. The molecule has 0 heterocycles. The molecule has 0 fully saturated rings. The zero-order valence-corrected chi connectivity index (χ0v) is 14.4. The van der Waals surface area contributed by atoms with E-state index in [1.807, 2.05) is 24.3 Å². The first-order valence-electron chi connectivity index (χ1n) is 8.19. The molecule has 26 heavy (non-hydrogen) atoms. The lowest BCUT2D eigenvalue weighted by Crippen LogP contribution is -2.16. The van der Waals surface area contributed by atoms with Gasteiger partial charge in [0.2, 0.25) is 0 Å². The summed E-state index contributed by atoms with van der Waals surface area (Å²) in [6.07, 6.45) is 1.39. The second-order valence-electron chi connectivity index (χ2n) is 6.00. The van der Waals surface area contributed by atoms with E-state index in [2.05, 4.69) is 0 Å². The van der Waals surface area contributed by atoms with Crippen LogP contribution in [0.2, 0.25) is 0 Å². The number of fused-ring (bicyclic) bond motifs is 2. The highest BCUT2D eigenvalue weighted by Gasteiger charge is 2.29. The number of hydrogen-bond acceptors (Lipinski definition) is 4. The lowest BCUT2D eigenvalue weighted by Gasteiger charge is -2.19. The van der Waals surface area contributed by atoms with Crippen molar-refractivity contribution in [1.82, 2.24) is 0 Å². The molecule has 0 aromatic heterocycles. The van der Waals surface area contributed by atoms with Gasteiger partial charge in [-0.3, -0.25) is 9.59 Å². The Labute approximate surface area is 150 Å². The number of rotatable bonds is 3. The van der Waals surface area contributed by atoms with Crippen molar-refractivity contribution in [3.63, 3.8) is 0 Å². The standard InChI is InChI=1S/C22H16O4/c1-25-20-12-18(22(26-2)16-10-6-4-8-14(16)20)17-11-19(23)13-7-3-5-9-15(13)21(17)24/h3-12H,1-2H3. The predicted octanol–water partition coefficient (Wildman–Crippen LogP) is 4.32. The van der Waals surface area contributed by atoms with Gasteiger partial charge in [-0.05, 0) is 12.1 Å². The Morgan fingerprint density at radius 2 is 1.38 bits per heavy atom. The molecule has 4 nitrogen and oxygen atoms in total. The van der Waals surface area contributed by atoms with Crippen LogP contribution in [0, 0.1) is 0 Å². The SMILES string of the molecule is COc1cc(C2=CC(=O)c3ccccc3C2=O)c(OC)c2ccccc12. The van der Waals surface area contributed by atoms with Gasteiger partial charge in [-0.25, -0.2) is 0 Å². The average molecular weight is 344 g/mol. The van der Waals surface area contributed by atoms with Crippen LogP contribution in [0.5, 0.6) is 11.5 Å². The Morgan fingerprint density at radius 1 is 0.731 bits per heavy atom. The molecule has 1 aliphatic rings. The summed E-state index contributed by atoms with van der Waals surface area (Å²) in [6.45, 7) is 0. The van der Waals surface area contributed by atoms with E-state index in [1.165, 1.54) is 6.08 Å². The van der Waals surface area contributed by atoms with Gasteiger partial charge in [-0.2, -0.15) is 0 Å². The lowest BCUT2D eigenvalue weighted by atomic mass is 9.85. The zero-order valence-electron chi connectivity index (χ0n) is 14.4. The second-order valence-corrected chi connectivity index (χ2v) is 6.00. The molecule has 0 aliphatic heterocycles. The van der Waals surface area contributed by atoms with E-state index in [-0.39, 0.29) is 11.6 Å². The fourth-order valence-electron chi connectivity index (χ4n) is 3.42. The zero-order chi connectivity index (χ0) is 18.3. The summed E-state index contributed by atoms with van der Waals surface area (Å²) in [5.41, 5.74) is 1.70. The van der Waals surface area contributed by atoms with Crippen LogP contribution in [-0.4, -0.2) is 25.8 Å². The number of Topliss-reactive ketones (excluding diaryl/α,β-unsaturated/α-hetero) is 1. The molecule has 0 saturated carbocycles. The Bertz CT molecular complexity index is 1090. The quantitative estimate of drug-likeness (QED) is 0.710. The number of ether oxygens (including phenoxy) is 2. The number of carbonyl (C=O) groups is 2. The third kappa shape index (κ3) is 2.30. The first-order valence-corrected chi connectivity index (χ1v) is 8.19. The van der Waals surface area contributed by atoms with Gasteiger partial charge in [0.25, 0.3) is 0 Å². The summed E-state index contributed by atoms with van der Waals surface area (Å²) in [7, 11) is 3.14. The van der Waals surface area contributed by atoms with E-state index in [4.69, 9.17) is 9.47 Å². The third-order valence-corrected chi connectivity index (χ3v) is 4.63. The van der Waals surface area contributed by atoms with Gasteiger partial charge in [0.05, 0.1) is 14.2 Å². The first-order chi connectivity index (χ1) is 12.7. The van der Waals surface area contributed by atoms with Crippen LogP contribution < -0.4 is 9.47 Å². The van der Waals surface area contributed by atoms with Crippen molar-refractivity contribution in [2.24, 2.45) is 0 Å². The van der Waals surface area contributed by atoms with Crippen molar-refractivity contribution in [2.45, 2.75) is 0 Å². The molecule has 0 radical (unpaired) electrons. The Hall–Kier alpha value is -3.40. The van der Waals surface area contributed by atoms with Crippen LogP contribution >= 0.6 is 0 Å². The van der Waals surface area contributed by atoms with Crippen molar-refractivity contribution in [2.75, 3.05) is 14.2 Å². The highest BCUT2D eigenvalue weighted by Crippen LogP contribution is 2.41. The molecule has 4 heteroatoms. The predicted molar refractivity (Wildman–Crippen MR) is 100 cm³/mol. The van der Waals surface area contributed by atoms with Crippen LogP contribution in [-0.2, 0) is 0 Å². The molecule has 1 aliphatic carbocycles. The number of hydrogen-bond donors (Lipinski definition) is 0. The lowest BCUT2D eigenvalue weighted by molar-refractivity contribution is 0.100. The maximum Gasteiger partial charge on any atom is 0.194 e. The number of ketones is 2. The summed E-state index contributed by atoms with van der Waals surface area (Å²) < 4.78 is 11.1. The molecule has 4 rings (SSSR count). The van der Waals surface area contributed by atoms with Crippen LogP contribution in [0.3, 0.4) is 0 Å². The highest BCUT2D eigenvalue weighted by atomic mass is 16.5. The highest BCUT2D eigenvalue weighted by molar-refractivity contribution is 6.39. The van der Waals surface area contributed by atoms with E-state index in [0.717, 1.165) is 10.8 Å². The first kappa shape index (κ1) is 16.1. The van der Waals surface area contributed by atoms with Crippen molar-refractivity contribution in [3.05, 3.63) is 77.4 Å². The van der Waals surface area contributed by atoms with Gasteiger partial charge in [0, 0.05) is 33.0 Å². The molecular formula is C22H16O4. The van der Waals surface area contributed by atoms with Gasteiger partial charge in [-0.1, -0.05) is 48.5 Å². The molecule has 0 spiro atoms. The average Bonchev–Trinajstić information content (AvgIpc) is 2.69. The molecule has 0 unspecified atom stereocenters. The summed E-state index contributed by atoms with van der Waals surface area (Å²) in [4.78, 5) is 25.6. The molecule has 0 atom stereocenters. The van der Waals surface area contributed by atoms with Gasteiger partial charge in [0.15, 0.2) is 11.6 Å². The van der Waals surface area contributed by atoms with Crippen LogP contribution in [0.25, 0.3) is 16.3 Å². The van der Waals surface area contributed by atoms with E-state index in [0.29, 0.717) is 33.8 Å². The largest absolute Gasteiger partial charge is 0.496 e. The summed E-state index contributed by atoms with van der Waals surface area (Å²) >= 11 is 0. The Kier molecular flexibility index (Phi) is 3.81. The smallest absolute Gasteiger partial charge is 0.194 e. The van der Waals surface area contributed by atoms with Crippen LogP contribution in [0.4, 0.5) is 0 Å². The molecule has 3 aromatic rings. The minimum absolute atomic E-state index is 0.190. The molecule has 0 saturated heterocycles. The van der Waals surface area contributed by atoms with Gasteiger partial charge in [-0.15, -0.1) is 0 Å². The molecule has 3 aromatic carbocycles. The summed E-state index contributed by atoms with van der Waals surface area (Å²) in [6, 6.07) is 16.2. The van der Waals surface area contributed by atoms with E-state index >= 15 is 0 Å². The fraction of sp³-hybridized carbons (Fsp3) is 0.0909. The van der Waals surface area contributed by atoms with E-state index < -0.39 is 0 Å². The maximum atomic E-state index is 13.0. The minimum atomic E-state index is -0.198. The molecule has 128 valence electrons. The molecule has 0 N–H and O–H groups in total. The van der Waals surface area contributed by atoms with E-state index in [9.17, 15) is 9.59 Å². The van der Waals surface area contributed by atoms with Crippen molar-refractivity contribution >= 4 is 27.9 Å². The maximum absolute atomic E-state index is 13.0. The Morgan fingerprint density at radius 3 is 2.08 bits per heavy atom. The van der Waals surface area contributed by atoms with Gasteiger partial charge in [0.1, 0.15) is 11.5 Å². The normalized spacial score (nSPS) is 13.4. The van der Waals surface area contributed by atoms with Crippen molar-refractivity contribution in [1.29, 1.82) is 0 Å². The molecule has 0 bridgehead atoms. The minimum Gasteiger partial charge on any atom is -0.496 e. The number of methoxy groups -OCH3 is 2. The fourth-order valence-corrected chi connectivity index (χ4v) is 3.42. The van der Waals surface area contributed by atoms with Crippen LogP contribution in [0.15, 0.2) is 60.7 Å². The van der Waals surface area contributed by atoms with Gasteiger partial charge < -0.3 is 9.47 Å². The summed E-state index contributed by atoms with van der Waals surface area (Å²) in [5, 5.41) is 1.70. The monoisotopic (exact) mass is 344 g/mol. The van der Waals surface area contributed by atoms with E-state index in [1.54, 1.807) is 44.6 Å². The van der Waals surface area contributed by atoms with Crippen molar-refractivity contribution < 1.29 is 19.1 Å². The number of benzene rings is 3. The van der Waals surface area contributed by atoms with Crippen molar-refractivity contribution in [3.8, 4) is 11.5 Å². The molecular weight excluding hydrogens is 328 g/mol. The van der Waals surface area contributed by atoms with Crippen LogP contribution in [0.1, 0.15) is 26.3 Å². The summed E-state index contributed by atoms with van der Waals surface area (Å²) in [5.74, 6) is 0.782. The second kappa shape index (κ2) is 6.15. The number of allylic oxidation sites excluding steroid dienone is 2. The topological polar surface area (TPSA) is 52.6 Å². The van der Waals surface area contributed by atoms with Gasteiger partial charge >= 0.3 is 0 Å².